The molecule has 1 heterocycles. The molecule has 0 fully saturated rings. The van der Waals surface area contributed by atoms with Crippen LogP contribution in [0.3, 0.4) is 0 Å². The third-order valence-electron chi connectivity index (χ3n) is 1.93. The van der Waals surface area contributed by atoms with Gasteiger partial charge >= 0.3 is 0 Å². The molecule has 2 aromatic rings. The lowest BCUT2D eigenvalue weighted by molar-refractivity contribution is 0.584. The monoisotopic (exact) mass is 205 g/mol. The van der Waals surface area contributed by atoms with Crippen molar-refractivity contribution >= 4 is 12.6 Å². The standard InChI is InChI=1S/C11H8FNS/c12-11-7-9(5-6-13-11)8-1-3-10(14)4-2-8/h1-7,14H. The minimum Gasteiger partial charge on any atom is -0.228 e. The van der Waals surface area contributed by atoms with E-state index in [0.29, 0.717) is 0 Å². The maximum atomic E-state index is 12.8. The number of halogens is 1. The van der Waals surface area contributed by atoms with Crippen molar-refractivity contribution in [1.82, 2.24) is 4.98 Å². The maximum absolute atomic E-state index is 12.8. The molecule has 2 rings (SSSR count). The lowest BCUT2D eigenvalue weighted by atomic mass is 10.1. The van der Waals surface area contributed by atoms with E-state index in [1.165, 1.54) is 12.3 Å². The van der Waals surface area contributed by atoms with E-state index in [1.807, 2.05) is 24.3 Å². The Balaban J connectivity index is 2.44. The van der Waals surface area contributed by atoms with E-state index in [2.05, 4.69) is 17.6 Å². The summed E-state index contributed by atoms with van der Waals surface area (Å²) in [7, 11) is 0. The van der Waals surface area contributed by atoms with Crippen LogP contribution >= 0.6 is 12.6 Å². The molecule has 0 bridgehead atoms. The van der Waals surface area contributed by atoms with Crippen LogP contribution in [0.2, 0.25) is 0 Å². The van der Waals surface area contributed by atoms with E-state index in [1.54, 1.807) is 6.07 Å². The lowest BCUT2D eigenvalue weighted by Crippen LogP contribution is -1.83. The Morgan fingerprint density at radius 3 is 2.36 bits per heavy atom. The summed E-state index contributed by atoms with van der Waals surface area (Å²) in [5, 5.41) is 0. The van der Waals surface area contributed by atoms with Gasteiger partial charge in [0.1, 0.15) is 0 Å². The van der Waals surface area contributed by atoms with Crippen LogP contribution in [0.4, 0.5) is 4.39 Å². The van der Waals surface area contributed by atoms with Crippen molar-refractivity contribution in [3.8, 4) is 11.1 Å². The van der Waals surface area contributed by atoms with Crippen molar-refractivity contribution in [3.05, 3.63) is 48.5 Å². The molecule has 0 radical (unpaired) electrons. The van der Waals surface area contributed by atoms with Crippen molar-refractivity contribution < 1.29 is 4.39 Å². The summed E-state index contributed by atoms with van der Waals surface area (Å²) in [6.45, 7) is 0. The molecular weight excluding hydrogens is 197 g/mol. The number of benzene rings is 1. The molecule has 0 atom stereocenters. The Kier molecular flexibility index (Phi) is 2.50. The highest BCUT2D eigenvalue weighted by Gasteiger charge is 1.98. The molecule has 3 heteroatoms. The third kappa shape index (κ3) is 1.93. The summed E-state index contributed by atoms with van der Waals surface area (Å²) in [6, 6.07) is 10.7. The molecule has 1 aromatic heterocycles. The minimum absolute atomic E-state index is 0.461. The normalized spacial score (nSPS) is 10.1. The Bertz CT molecular complexity index is 439. The highest BCUT2D eigenvalue weighted by atomic mass is 32.1. The van der Waals surface area contributed by atoms with E-state index >= 15 is 0 Å². The quantitative estimate of drug-likeness (QED) is 0.557. The van der Waals surface area contributed by atoms with Crippen molar-refractivity contribution in [1.29, 1.82) is 0 Å². The Morgan fingerprint density at radius 1 is 1.00 bits per heavy atom. The lowest BCUT2D eigenvalue weighted by Gasteiger charge is -2.00. The fraction of sp³-hybridized carbons (Fsp3) is 0. The van der Waals surface area contributed by atoms with Gasteiger partial charge < -0.3 is 0 Å². The highest BCUT2D eigenvalue weighted by Crippen LogP contribution is 2.20. The zero-order chi connectivity index (χ0) is 9.97. The number of rotatable bonds is 1. The van der Waals surface area contributed by atoms with E-state index in [-0.39, 0.29) is 0 Å². The summed E-state index contributed by atoms with van der Waals surface area (Å²) in [6.07, 6.45) is 1.46. The number of pyridine rings is 1. The predicted octanol–water partition coefficient (Wildman–Crippen LogP) is 3.18. The third-order valence-corrected chi connectivity index (χ3v) is 2.23. The zero-order valence-corrected chi connectivity index (χ0v) is 8.21. The maximum Gasteiger partial charge on any atom is 0.213 e. The van der Waals surface area contributed by atoms with Gasteiger partial charge in [0.15, 0.2) is 0 Å². The highest BCUT2D eigenvalue weighted by molar-refractivity contribution is 7.80. The number of aromatic nitrogens is 1. The van der Waals surface area contributed by atoms with Crippen molar-refractivity contribution in [2.75, 3.05) is 0 Å². The number of nitrogens with zero attached hydrogens (tertiary/aromatic N) is 1. The smallest absolute Gasteiger partial charge is 0.213 e. The average molecular weight is 205 g/mol. The molecule has 70 valence electrons. The number of hydrogen-bond acceptors (Lipinski definition) is 2. The largest absolute Gasteiger partial charge is 0.228 e. The van der Waals surface area contributed by atoms with Crippen LogP contribution in [-0.2, 0) is 0 Å². The SMILES string of the molecule is Fc1cc(-c2ccc(S)cc2)ccn1. The fourth-order valence-corrected chi connectivity index (χ4v) is 1.38. The summed E-state index contributed by atoms with van der Waals surface area (Å²) in [4.78, 5) is 4.39. The molecule has 0 unspecified atom stereocenters. The first-order valence-electron chi connectivity index (χ1n) is 4.17. The van der Waals surface area contributed by atoms with E-state index in [9.17, 15) is 4.39 Å². The van der Waals surface area contributed by atoms with Crippen LogP contribution in [-0.4, -0.2) is 4.98 Å². The van der Waals surface area contributed by atoms with Crippen LogP contribution < -0.4 is 0 Å². The second kappa shape index (κ2) is 3.80. The molecule has 0 spiro atoms. The summed E-state index contributed by atoms with van der Waals surface area (Å²) in [5.41, 5.74) is 1.79. The van der Waals surface area contributed by atoms with E-state index in [0.717, 1.165) is 16.0 Å². The van der Waals surface area contributed by atoms with Gasteiger partial charge in [0.05, 0.1) is 0 Å². The minimum atomic E-state index is -0.461. The number of hydrogen-bond donors (Lipinski definition) is 1. The molecule has 1 aromatic carbocycles. The van der Waals surface area contributed by atoms with Gasteiger partial charge in [-0.2, -0.15) is 4.39 Å². The molecule has 0 aliphatic carbocycles. The summed E-state index contributed by atoms with van der Waals surface area (Å²) in [5.74, 6) is -0.461. The second-order valence-electron chi connectivity index (χ2n) is 2.91. The van der Waals surface area contributed by atoms with Gasteiger partial charge in [-0.3, -0.25) is 0 Å². The number of thiol groups is 1. The molecule has 0 amide bonds. The van der Waals surface area contributed by atoms with Gasteiger partial charge in [-0.1, -0.05) is 12.1 Å². The molecule has 0 aliphatic rings. The van der Waals surface area contributed by atoms with Crippen LogP contribution in [0.1, 0.15) is 0 Å². The van der Waals surface area contributed by atoms with E-state index < -0.39 is 5.95 Å². The molecule has 0 aliphatic heterocycles. The van der Waals surface area contributed by atoms with Gasteiger partial charge in [-0.25, -0.2) is 4.98 Å². The predicted molar refractivity (Wildman–Crippen MR) is 56.9 cm³/mol. The van der Waals surface area contributed by atoms with Crippen molar-refractivity contribution in [2.45, 2.75) is 4.90 Å². The topological polar surface area (TPSA) is 12.9 Å². The first kappa shape index (κ1) is 9.21. The van der Waals surface area contributed by atoms with Gasteiger partial charge in [-0.15, -0.1) is 12.6 Å². The van der Waals surface area contributed by atoms with E-state index in [4.69, 9.17) is 0 Å². The van der Waals surface area contributed by atoms with Gasteiger partial charge in [0.25, 0.3) is 0 Å². The molecule has 1 nitrogen and oxygen atoms in total. The van der Waals surface area contributed by atoms with Crippen LogP contribution in [0.25, 0.3) is 11.1 Å². The summed E-state index contributed by atoms with van der Waals surface area (Å²) < 4.78 is 12.8. The Morgan fingerprint density at radius 2 is 1.71 bits per heavy atom. The molecular formula is C11H8FNS. The molecule has 0 N–H and O–H groups in total. The first-order valence-corrected chi connectivity index (χ1v) is 4.61. The van der Waals surface area contributed by atoms with Gasteiger partial charge in [0, 0.05) is 17.2 Å². The molecule has 0 saturated carbocycles. The Labute approximate surface area is 87.0 Å². The first-order chi connectivity index (χ1) is 6.75. The molecule has 14 heavy (non-hydrogen) atoms. The second-order valence-corrected chi connectivity index (χ2v) is 3.43. The van der Waals surface area contributed by atoms with Crippen molar-refractivity contribution in [2.24, 2.45) is 0 Å². The van der Waals surface area contributed by atoms with Crippen LogP contribution in [0, 0.1) is 5.95 Å². The van der Waals surface area contributed by atoms with Crippen molar-refractivity contribution in [3.63, 3.8) is 0 Å². The average Bonchev–Trinajstić information content (AvgIpc) is 2.19. The zero-order valence-electron chi connectivity index (χ0n) is 7.31. The summed E-state index contributed by atoms with van der Waals surface area (Å²) >= 11 is 4.18. The Hall–Kier alpha value is -1.35. The van der Waals surface area contributed by atoms with Crippen LogP contribution in [0.15, 0.2) is 47.5 Å². The fourth-order valence-electron chi connectivity index (χ4n) is 1.24. The van der Waals surface area contributed by atoms with Gasteiger partial charge in [-0.05, 0) is 29.3 Å². The van der Waals surface area contributed by atoms with Gasteiger partial charge in [0.2, 0.25) is 5.95 Å². The molecule has 0 saturated heterocycles. The van der Waals surface area contributed by atoms with Crippen LogP contribution in [0.5, 0.6) is 0 Å².